The van der Waals surface area contributed by atoms with Crippen LogP contribution in [-0.2, 0) is 11.3 Å². The quantitative estimate of drug-likeness (QED) is 0.619. The molecule has 0 radical (unpaired) electrons. The molecule has 1 aliphatic heterocycles. The molecule has 0 aromatic heterocycles. The van der Waals surface area contributed by atoms with Gasteiger partial charge in [0.1, 0.15) is 11.6 Å². The number of hydrogen-bond donors (Lipinski definition) is 2. The van der Waals surface area contributed by atoms with Crippen LogP contribution in [0.2, 0.25) is 0 Å². The molecule has 1 aromatic rings. The molecule has 5 nitrogen and oxygen atoms in total. The second-order valence-corrected chi connectivity index (χ2v) is 5.64. The number of nitrogens with two attached hydrogens (primary N) is 1. The molecule has 1 aromatic carbocycles. The van der Waals surface area contributed by atoms with Gasteiger partial charge >= 0.3 is 0 Å². The lowest BCUT2D eigenvalue weighted by molar-refractivity contribution is 0.0870. The minimum Gasteiger partial charge on any atom is -0.496 e. The number of nitrogen functional groups attached to an aromatic ring is 1. The summed E-state index contributed by atoms with van der Waals surface area (Å²) in [5.74, 6) is 1.55. The smallest absolute Gasteiger partial charge is 0.123 e. The van der Waals surface area contributed by atoms with Crippen LogP contribution in [0.4, 0.5) is 0 Å². The van der Waals surface area contributed by atoms with Gasteiger partial charge in [-0.15, -0.1) is 0 Å². The Kier molecular flexibility index (Phi) is 5.59. The molecular formula is C16H25N3O2. The molecule has 1 heterocycles. The first kappa shape index (κ1) is 15.8. The van der Waals surface area contributed by atoms with Gasteiger partial charge in [-0.2, -0.15) is 0 Å². The van der Waals surface area contributed by atoms with Crippen molar-refractivity contribution < 1.29 is 9.47 Å². The highest BCUT2D eigenvalue weighted by molar-refractivity contribution is 5.95. The van der Waals surface area contributed by atoms with Crippen LogP contribution in [-0.4, -0.2) is 44.7 Å². The molecule has 0 aliphatic carbocycles. The monoisotopic (exact) mass is 291 g/mol. The minimum atomic E-state index is 0.0924. The van der Waals surface area contributed by atoms with Crippen LogP contribution in [0.25, 0.3) is 0 Å². The van der Waals surface area contributed by atoms with Crippen LogP contribution < -0.4 is 10.5 Å². The van der Waals surface area contributed by atoms with E-state index in [0.29, 0.717) is 5.92 Å². The van der Waals surface area contributed by atoms with Gasteiger partial charge in [-0.25, -0.2) is 0 Å². The molecule has 2 rings (SSSR count). The molecule has 3 N–H and O–H groups in total. The van der Waals surface area contributed by atoms with E-state index in [9.17, 15) is 0 Å². The van der Waals surface area contributed by atoms with Gasteiger partial charge in [0.15, 0.2) is 0 Å². The molecule has 0 spiro atoms. The van der Waals surface area contributed by atoms with E-state index in [1.165, 1.54) is 12.8 Å². The summed E-state index contributed by atoms with van der Waals surface area (Å²) in [7, 11) is 3.44. The van der Waals surface area contributed by atoms with E-state index in [1.807, 2.05) is 18.2 Å². The SMILES string of the molecule is COCC1CCCN(Cc2cc(C(=N)N)ccc2OC)C1. The summed E-state index contributed by atoms with van der Waals surface area (Å²) in [6.07, 6.45) is 2.43. The number of likely N-dealkylation sites (tertiary alicyclic amines) is 1. The third kappa shape index (κ3) is 4.19. The first-order valence-electron chi connectivity index (χ1n) is 7.36. The first-order chi connectivity index (χ1) is 10.1. The van der Waals surface area contributed by atoms with Crippen LogP contribution in [0, 0.1) is 11.3 Å². The molecule has 0 saturated carbocycles. The molecule has 116 valence electrons. The van der Waals surface area contributed by atoms with Crippen molar-refractivity contribution in [3.05, 3.63) is 29.3 Å². The van der Waals surface area contributed by atoms with Gasteiger partial charge in [0.05, 0.1) is 13.7 Å². The Morgan fingerprint density at radius 2 is 2.24 bits per heavy atom. The van der Waals surface area contributed by atoms with Crippen molar-refractivity contribution in [2.45, 2.75) is 19.4 Å². The van der Waals surface area contributed by atoms with Crippen molar-refractivity contribution in [1.82, 2.24) is 4.90 Å². The highest BCUT2D eigenvalue weighted by Crippen LogP contribution is 2.24. The van der Waals surface area contributed by atoms with Crippen molar-refractivity contribution >= 4 is 5.84 Å². The number of methoxy groups -OCH3 is 2. The Morgan fingerprint density at radius 1 is 1.43 bits per heavy atom. The molecule has 0 amide bonds. The summed E-state index contributed by atoms with van der Waals surface area (Å²) >= 11 is 0. The highest BCUT2D eigenvalue weighted by Gasteiger charge is 2.21. The lowest BCUT2D eigenvalue weighted by Crippen LogP contribution is -2.36. The van der Waals surface area contributed by atoms with Gasteiger partial charge in [-0.05, 0) is 43.5 Å². The van der Waals surface area contributed by atoms with E-state index < -0.39 is 0 Å². The maximum absolute atomic E-state index is 7.57. The van der Waals surface area contributed by atoms with E-state index in [2.05, 4.69) is 4.90 Å². The van der Waals surface area contributed by atoms with Crippen LogP contribution in [0.1, 0.15) is 24.0 Å². The molecule has 1 unspecified atom stereocenters. The predicted octanol–water partition coefficient (Wildman–Crippen LogP) is 1.84. The zero-order valence-electron chi connectivity index (χ0n) is 12.9. The molecule has 1 fully saturated rings. The Balaban J connectivity index is 2.10. The molecule has 1 atom stereocenters. The van der Waals surface area contributed by atoms with Gasteiger partial charge in [-0.1, -0.05) is 0 Å². The molecule has 5 heteroatoms. The zero-order chi connectivity index (χ0) is 15.2. The van der Waals surface area contributed by atoms with Crippen molar-refractivity contribution in [3.63, 3.8) is 0 Å². The fourth-order valence-corrected chi connectivity index (χ4v) is 2.98. The number of nitrogens with one attached hydrogen (secondary N) is 1. The summed E-state index contributed by atoms with van der Waals surface area (Å²) < 4.78 is 10.7. The molecule has 21 heavy (non-hydrogen) atoms. The lowest BCUT2D eigenvalue weighted by atomic mass is 9.98. The van der Waals surface area contributed by atoms with E-state index in [4.69, 9.17) is 20.6 Å². The van der Waals surface area contributed by atoms with Gasteiger partial charge in [0.25, 0.3) is 0 Å². The van der Waals surface area contributed by atoms with E-state index in [0.717, 1.165) is 43.1 Å². The summed E-state index contributed by atoms with van der Waals surface area (Å²) in [6.45, 7) is 3.78. The van der Waals surface area contributed by atoms with E-state index in [1.54, 1.807) is 14.2 Å². The summed E-state index contributed by atoms with van der Waals surface area (Å²) in [5, 5.41) is 7.57. The van der Waals surface area contributed by atoms with E-state index >= 15 is 0 Å². The standard InChI is InChI=1S/C16H25N3O2/c1-20-11-12-4-3-7-19(9-12)10-14-8-13(16(17)18)5-6-15(14)21-2/h5-6,8,12H,3-4,7,9-11H2,1-2H3,(H3,17,18). The average molecular weight is 291 g/mol. The minimum absolute atomic E-state index is 0.0924. The van der Waals surface area contributed by atoms with Crippen LogP contribution >= 0.6 is 0 Å². The Bertz CT molecular complexity index is 488. The summed E-state index contributed by atoms with van der Waals surface area (Å²) in [5.41, 5.74) is 7.41. The largest absolute Gasteiger partial charge is 0.496 e. The van der Waals surface area contributed by atoms with Gasteiger partial charge < -0.3 is 15.2 Å². The van der Waals surface area contributed by atoms with Crippen molar-refractivity contribution in [2.75, 3.05) is 33.9 Å². The number of amidine groups is 1. The average Bonchev–Trinajstić information content (AvgIpc) is 2.48. The fraction of sp³-hybridized carbons (Fsp3) is 0.562. The van der Waals surface area contributed by atoms with Crippen LogP contribution in [0.5, 0.6) is 5.75 Å². The summed E-state index contributed by atoms with van der Waals surface area (Å²) in [6, 6.07) is 5.68. The zero-order valence-corrected chi connectivity index (χ0v) is 12.9. The lowest BCUT2D eigenvalue weighted by Gasteiger charge is -2.32. The Hall–Kier alpha value is -1.59. The summed E-state index contributed by atoms with van der Waals surface area (Å²) in [4.78, 5) is 2.43. The number of hydrogen-bond acceptors (Lipinski definition) is 4. The highest BCUT2D eigenvalue weighted by atomic mass is 16.5. The number of ether oxygens (including phenoxy) is 2. The molecule has 0 bridgehead atoms. The van der Waals surface area contributed by atoms with Crippen LogP contribution in [0.3, 0.4) is 0 Å². The second-order valence-electron chi connectivity index (χ2n) is 5.64. The maximum Gasteiger partial charge on any atom is 0.123 e. The Morgan fingerprint density at radius 3 is 2.90 bits per heavy atom. The second kappa shape index (κ2) is 7.43. The normalized spacial score (nSPS) is 19.4. The third-order valence-corrected chi connectivity index (χ3v) is 3.99. The van der Waals surface area contributed by atoms with Crippen molar-refractivity contribution in [1.29, 1.82) is 5.41 Å². The maximum atomic E-state index is 7.57. The third-order valence-electron chi connectivity index (χ3n) is 3.99. The van der Waals surface area contributed by atoms with Crippen molar-refractivity contribution in [3.8, 4) is 5.75 Å². The Labute approximate surface area is 126 Å². The number of nitrogens with zero attached hydrogens (tertiary/aromatic N) is 1. The van der Waals surface area contributed by atoms with Gasteiger partial charge in [0, 0.05) is 31.3 Å². The molecular weight excluding hydrogens is 266 g/mol. The van der Waals surface area contributed by atoms with E-state index in [-0.39, 0.29) is 5.84 Å². The molecule has 1 saturated heterocycles. The van der Waals surface area contributed by atoms with Gasteiger partial charge in [0.2, 0.25) is 0 Å². The van der Waals surface area contributed by atoms with Crippen molar-refractivity contribution in [2.24, 2.45) is 11.7 Å². The topological polar surface area (TPSA) is 71.6 Å². The predicted molar refractivity (Wildman–Crippen MR) is 83.9 cm³/mol. The number of piperidine rings is 1. The van der Waals surface area contributed by atoms with Crippen LogP contribution in [0.15, 0.2) is 18.2 Å². The van der Waals surface area contributed by atoms with Gasteiger partial charge in [-0.3, -0.25) is 10.3 Å². The first-order valence-corrected chi connectivity index (χ1v) is 7.36. The fourth-order valence-electron chi connectivity index (χ4n) is 2.98. The number of rotatable bonds is 6. The molecule has 1 aliphatic rings. The number of benzene rings is 1.